The summed E-state index contributed by atoms with van der Waals surface area (Å²) in [5.74, 6) is 0. The Balaban J connectivity index is 0.978. The average Bonchev–Trinajstić information content (AvgIpc) is 4.12. The van der Waals surface area contributed by atoms with Crippen molar-refractivity contribution in [2.24, 2.45) is 0 Å². The molecule has 70 heavy (non-hydrogen) atoms. The van der Waals surface area contributed by atoms with Crippen molar-refractivity contribution in [1.82, 2.24) is 14.5 Å². The van der Waals surface area contributed by atoms with E-state index in [0.29, 0.717) is 0 Å². The molecule has 9 aromatic carbocycles. The molecular formula is C66H39N3S. The normalized spacial score (nSPS) is 15.8. The zero-order valence-electron chi connectivity index (χ0n) is 37.8. The molecule has 1 unspecified atom stereocenters. The van der Waals surface area contributed by atoms with Gasteiger partial charge in [-0.1, -0.05) is 176 Å². The lowest BCUT2D eigenvalue weighted by molar-refractivity contribution is 0.715. The fourth-order valence-electron chi connectivity index (χ4n) is 13.2. The molecule has 1 aliphatic heterocycles. The molecule has 1 atom stereocenters. The van der Waals surface area contributed by atoms with Gasteiger partial charge in [-0.05, 0) is 139 Å². The summed E-state index contributed by atoms with van der Waals surface area (Å²) in [5.41, 5.74) is 24.2. The summed E-state index contributed by atoms with van der Waals surface area (Å²) in [5, 5.41) is 2.48. The van der Waals surface area contributed by atoms with Crippen molar-refractivity contribution >= 4 is 33.6 Å². The maximum Gasteiger partial charge on any atom is 0.0937 e. The Morgan fingerprint density at radius 3 is 1.57 bits per heavy atom. The number of hydrogen-bond acceptors (Lipinski definition) is 3. The first kappa shape index (κ1) is 38.4. The third-order valence-corrected chi connectivity index (χ3v) is 17.1. The van der Waals surface area contributed by atoms with Crippen molar-refractivity contribution in [1.29, 1.82) is 0 Å². The van der Waals surface area contributed by atoms with Crippen LogP contribution in [0.3, 0.4) is 0 Å². The van der Waals surface area contributed by atoms with Crippen molar-refractivity contribution < 1.29 is 0 Å². The van der Waals surface area contributed by atoms with Crippen LogP contribution in [-0.2, 0) is 10.8 Å². The lowest BCUT2D eigenvalue weighted by atomic mass is 9.66. The highest BCUT2D eigenvalue weighted by molar-refractivity contribution is 7.99. The SMILES string of the molecule is c1ccc(-c2cc(-c3cnc4c(c3)C3(c5ccccc5Sc5cc6c(cc53)-c3ccccc3C63c5ccccc5-c5ccccc53)c3cccnc3-4)cc(-n3c4ccccc4c4ccccc43)c2)cc1. The van der Waals surface area contributed by atoms with Crippen molar-refractivity contribution in [3.63, 3.8) is 0 Å². The second-order valence-corrected chi connectivity index (χ2v) is 20.2. The summed E-state index contributed by atoms with van der Waals surface area (Å²) in [6.45, 7) is 0. The number of hydrogen-bond donors (Lipinski definition) is 0. The maximum atomic E-state index is 5.51. The predicted octanol–water partition coefficient (Wildman–Crippen LogP) is 16.1. The minimum absolute atomic E-state index is 0.446. The van der Waals surface area contributed by atoms with Crippen molar-refractivity contribution in [2.45, 2.75) is 20.6 Å². The average molecular weight is 906 g/mol. The van der Waals surface area contributed by atoms with Crippen LogP contribution in [-0.4, -0.2) is 14.5 Å². The van der Waals surface area contributed by atoms with E-state index >= 15 is 0 Å². The number of para-hydroxylation sites is 2. The van der Waals surface area contributed by atoms with Crippen molar-refractivity contribution in [3.8, 4) is 61.6 Å². The Kier molecular flexibility index (Phi) is 7.69. The molecule has 0 N–H and O–H groups in total. The van der Waals surface area contributed by atoms with E-state index in [0.717, 1.165) is 39.3 Å². The number of fused-ring (bicyclic) bond motifs is 22. The molecule has 0 radical (unpaired) electrons. The molecule has 3 aliphatic carbocycles. The molecule has 12 aromatic rings. The molecule has 0 saturated carbocycles. The van der Waals surface area contributed by atoms with Crippen LogP contribution in [0.4, 0.5) is 0 Å². The zero-order valence-corrected chi connectivity index (χ0v) is 38.6. The largest absolute Gasteiger partial charge is 0.309 e. The topological polar surface area (TPSA) is 30.7 Å². The Morgan fingerprint density at radius 1 is 0.329 bits per heavy atom. The van der Waals surface area contributed by atoms with E-state index < -0.39 is 10.8 Å². The van der Waals surface area contributed by atoms with Crippen LogP contribution in [0.5, 0.6) is 0 Å². The summed E-state index contributed by atoms with van der Waals surface area (Å²) < 4.78 is 2.43. The van der Waals surface area contributed by atoms with Crippen LogP contribution in [0.2, 0.25) is 0 Å². The monoisotopic (exact) mass is 905 g/mol. The van der Waals surface area contributed by atoms with Gasteiger partial charge in [-0.25, -0.2) is 0 Å². The third-order valence-electron chi connectivity index (χ3n) is 15.9. The minimum Gasteiger partial charge on any atom is -0.309 e. The van der Waals surface area contributed by atoms with Gasteiger partial charge in [-0.15, -0.1) is 0 Å². The maximum absolute atomic E-state index is 5.51. The van der Waals surface area contributed by atoms with Crippen LogP contribution < -0.4 is 0 Å². The number of rotatable bonds is 3. The predicted molar refractivity (Wildman–Crippen MR) is 285 cm³/mol. The van der Waals surface area contributed by atoms with E-state index in [4.69, 9.17) is 9.97 Å². The van der Waals surface area contributed by atoms with Gasteiger partial charge in [0.25, 0.3) is 0 Å². The molecule has 0 amide bonds. The standard InChI is InChI=1S/C66H39N3S/c1-2-17-40(18-3-1)41-33-42(35-44(34-41)69-59-29-13-7-22-48(59)49-23-8-14-30-60(49)69)43-36-58-64(68-39-43)63-55(28-16-32-67-63)66(58)54-27-12-15-31-61(54)70-62-38-56-50(37-57(62)66)47-21-6-11-26-53(47)65(56)51-24-9-4-19-45(51)46-20-5-10-25-52(46)65/h1-39H. The summed E-state index contributed by atoms with van der Waals surface area (Å²) >= 11 is 1.90. The Labute approximate surface area is 409 Å². The van der Waals surface area contributed by atoms with Gasteiger partial charge < -0.3 is 4.57 Å². The van der Waals surface area contributed by atoms with E-state index in [-0.39, 0.29) is 0 Å². The van der Waals surface area contributed by atoms with E-state index in [1.165, 1.54) is 98.4 Å². The molecule has 16 rings (SSSR count). The van der Waals surface area contributed by atoms with E-state index in [1.807, 2.05) is 18.0 Å². The molecule has 3 nitrogen and oxygen atoms in total. The first-order valence-electron chi connectivity index (χ1n) is 24.1. The summed E-state index contributed by atoms with van der Waals surface area (Å²) in [6, 6.07) is 83.8. The van der Waals surface area contributed by atoms with Gasteiger partial charge in [0.05, 0.1) is 33.3 Å². The van der Waals surface area contributed by atoms with Gasteiger partial charge in [-0.3, -0.25) is 9.97 Å². The summed E-state index contributed by atoms with van der Waals surface area (Å²) in [7, 11) is 0. The molecule has 0 bridgehead atoms. The van der Waals surface area contributed by atoms with E-state index in [2.05, 4.69) is 235 Å². The number of pyridine rings is 2. The molecule has 4 heterocycles. The number of aromatic nitrogens is 3. The highest BCUT2D eigenvalue weighted by atomic mass is 32.2. The minimum atomic E-state index is -0.697. The van der Waals surface area contributed by atoms with Gasteiger partial charge in [0.1, 0.15) is 0 Å². The van der Waals surface area contributed by atoms with E-state index in [9.17, 15) is 0 Å². The van der Waals surface area contributed by atoms with Crippen LogP contribution in [0.15, 0.2) is 247 Å². The van der Waals surface area contributed by atoms with Gasteiger partial charge >= 0.3 is 0 Å². The Hall–Kier alpha value is -8.57. The van der Waals surface area contributed by atoms with Crippen LogP contribution >= 0.6 is 11.8 Å². The van der Waals surface area contributed by atoms with Gasteiger partial charge in [0.15, 0.2) is 0 Å². The smallest absolute Gasteiger partial charge is 0.0937 e. The lowest BCUT2D eigenvalue weighted by Crippen LogP contribution is -2.33. The summed E-state index contributed by atoms with van der Waals surface area (Å²) in [6.07, 6.45) is 4.01. The first-order chi connectivity index (χ1) is 34.7. The van der Waals surface area contributed by atoms with Gasteiger partial charge in [0, 0.05) is 49.8 Å². The molecular weight excluding hydrogens is 867 g/mol. The van der Waals surface area contributed by atoms with Crippen molar-refractivity contribution in [3.05, 3.63) is 281 Å². The fourth-order valence-corrected chi connectivity index (χ4v) is 14.5. The van der Waals surface area contributed by atoms with E-state index in [1.54, 1.807) is 0 Å². The van der Waals surface area contributed by atoms with Crippen LogP contribution in [0.25, 0.3) is 83.4 Å². The lowest BCUT2D eigenvalue weighted by Gasteiger charge is -2.40. The number of nitrogens with zero attached hydrogens (tertiary/aromatic N) is 3. The first-order valence-corrected chi connectivity index (χ1v) is 24.9. The van der Waals surface area contributed by atoms with Gasteiger partial charge in [0.2, 0.25) is 0 Å². The molecule has 4 aliphatic rings. The quantitative estimate of drug-likeness (QED) is 0.177. The third kappa shape index (κ3) is 4.81. The van der Waals surface area contributed by atoms with Crippen LogP contribution in [0.1, 0.15) is 44.5 Å². The fraction of sp³-hybridized carbons (Fsp3) is 0.0303. The van der Waals surface area contributed by atoms with Crippen LogP contribution in [0, 0.1) is 0 Å². The Bertz CT molecular complexity index is 4140. The van der Waals surface area contributed by atoms with Gasteiger partial charge in [-0.2, -0.15) is 0 Å². The second kappa shape index (κ2) is 14.0. The molecule has 324 valence electrons. The molecule has 0 saturated heterocycles. The highest BCUT2D eigenvalue weighted by Crippen LogP contribution is 2.67. The molecule has 3 aromatic heterocycles. The highest BCUT2D eigenvalue weighted by Gasteiger charge is 2.56. The second-order valence-electron chi connectivity index (χ2n) is 19.2. The molecule has 0 fully saturated rings. The summed E-state index contributed by atoms with van der Waals surface area (Å²) in [4.78, 5) is 13.2. The Morgan fingerprint density at radius 2 is 0.871 bits per heavy atom. The molecule has 2 spiro atoms. The number of benzene rings is 9. The zero-order chi connectivity index (χ0) is 45.7. The van der Waals surface area contributed by atoms with Crippen molar-refractivity contribution in [2.75, 3.05) is 0 Å². The molecule has 4 heteroatoms.